The van der Waals surface area contributed by atoms with Crippen molar-refractivity contribution in [1.29, 1.82) is 0 Å². The van der Waals surface area contributed by atoms with Gasteiger partial charge in [0.25, 0.3) is 0 Å². The molecule has 0 spiro atoms. The maximum Gasteiger partial charge on any atom is 0.356 e. The molecule has 3 N–H and O–H groups in total. The van der Waals surface area contributed by atoms with Gasteiger partial charge in [0, 0.05) is 29.6 Å². The normalized spacial score (nSPS) is 11.2. The second-order valence-corrected chi connectivity index (χ2v) is 8.60. The fourth-order valence-electron chi connectivity index (χ4n) is 3.93. The Morgan fingerprint density at radius 2 is 1.89 bits per heavy atom. The number of aromatic amines is 2. The summed E-state index contributed by atoms with van der Waals surface area (Å²) in [6.07, 6.45) is 3.81. The lowest BCUT2D eigenvalue weighted by atomic mass is 10.1. The van der Waals surface area contributed by atoms with Crippen LogP contribution in [0, 0.1) is 11.6 Å². The number of nitrogens with zero attached hydrogens (tertiary/aromatic N) is 1. The number of halogens is 2. The molecule has 0 amide bonds. The van der Waals surface area contributed by atoms with Gasteiger partial charge in [-0.25, -0.2) is 18.6 Å². The van der Waals surface area contributed by atoms with E-state index in [1.165, 1.54) is 36.0 Å². The number of H-pyrrole nitrogens is 2. The standard InChI is InChI=1S/C26H19F2N3O3S/c1-35-24-16-9-10-29-20(16)13-19(28)23(24)34-15-7-8-18(27)17(12-15)25-30-21(22(31-25)26(32)33)11-14-5-3-2-4-6-14/h2-10,12-13,29H,11H2,1H3,(H,30,31)(H,32,33). The number of rotatable bonds is 7. The number of benzene rings is 3. The molecule has 9 heteroatoms. The highest BCUT2D eigenvalue weighted by Crippen LogP contribution is 2.40. The summed E-state index contributed by atoms with van der Waals surface area (Å²) in [5.74, 6) is -2.16. The number of ether oxygens (including phenoxy) is 1. The fraction of sp³-hybridized carbons (Fsp3) is 0.0769. The molecule has 176 valence electrons. The van der Waals surface area contributed by atoms with Gasteiger partial charge < -0.3 is 19.8 Å². The molecule has 0 aliphatic rings. The van der Waals surface area contributed by atoms with E-state index < -0.39 is 17.6 Å². The minimum absolute atomic E-state index is 0.0122. The van der Waals surface area contributed by atoms with Crippen LogP contribution >= 0.6 is 11.8 Å². The zero-order chi connectivity index (χ0) is 24.5. The van der Waals surface area contributed by atoms with Crippen LogP contribution in [0.15, 0.2) is 71.8 Å². The van der Waals surface area contributed by atoms with E-state index in [9.17, 15) is 18.7 Å². The number of hydrogen-bond acceptors (Lipinski definition) is 4. The van der Waals surface area contributed by atoms with Crippen LogP contribution in [0.3, 0.4) is 0 Å². The molecule has 3 aromatic carbocycles. The molecule has 0 atom stereocenters. The highest BCUT2D eigenvalue weighted by Gasteiger charge is 2.21. The van der Waals surface area contributed by atoms with Gasteiger partial charge in [-0.15, -0.1) is 11.8 Å². The van der Waals surface area contributed by atoms with E-state index in [-0.39, 0.29) is 35.0 Å². The van der Waals surface area contributed by atoms with Crippen LogP contribution < -0.4 is 4.74 Å². The minimum Gasteiger partial charge on any atom is -0.476 e. The molecule has 0 unspecified atom stereocenters. The predicted octanol–water partition coefficient (Wildman–Crippen LogP) is 6.64. The van der Waals surface area contributed by atoms with Crippen LogP contribution in [0.5, 0.6) is 11.5 Å². The van der Waals surface area contributed by atoms with Gasteiger partial charge >= 0.3 is 5.97 Å². The Morgan fingerprint density at radius 1 is 1.09 bits per heavy atom. The molecule has 0 saturated carbocycles. The molecule has 0 fully saturated rings. The van der Waals surface area contributed by atoms with Gasteiger partial charge in [0.05, 0.1) is 16.2 Å². The second-order valence-electron chi connectivity index (χ2n) is 7.78. The number of carbonyl (C=O) groups is 1. The summed E-state index contributed by atoms with van der Waals surface area (Å²) in [7, 11) is 0. The number of carboxylic acids is 1. The molecule has 0 saturated heterocycles. The Bertz CT molecular complexity index is 1550. The quantitative estimate of drug-likeness (QED) is 0.222. The summed E-state index contributed by atoms with van der Waals surface area (Å²) in [5.41, 5.74) is 1.68. The van der Waals surface area contributed by atoms with Gasteiger partial charge in [0.15, 0.2) is 17.3 Å². The maximum atomic E-state index is 14.9. The van der Waals surface area contributed by atoms with Crippen LogP contribution in [0.4, 0.5) is 8.78 Å². The van der Waals surface area contributed by atoms with Crippen LogP contribution in [0.25, 0.3) is 22.3 Å². The van der Waals surface area contributed by atoms with Crippen LogP contribution in [-0.2, 0) is 6.42 Å². The molecular formula is C26H19F2N3O3S. The van der Waals surface area contributed by atoms with Crippen LogP contribution in [0.1, 0.15) is 21.7 Å². The first kappa shape index (κ1) is 22.7. The van der Waals surface area contributed by atoms with Crippen molar-refractivity contribution in [2.24, 2.45) is 0 Å². The molecule has 0 radical (unpaired) electrons. The lowest BCUT2D eigenvalue weighted by Crippen LogP contribution is -2.02. The average molecular weight is 492 g/mol. The predicted molar refractivity (Wildman–Crippen MR) is 130 cm³/mol. The van der Waals surface area contributed by atoms with E-state index in [4.69, 9.17) is 4.74 Å². The van der Waals surface area contributed by atoms with Gasteiger partial charge in [-0.05, 0) is 36.1 Å². The van der Waals surface area contributed by atoms with Crippen molar-refractivity contribution in [1.82, 2.24) is 15.0 Å². The third kappa shape index (κ3) is 4.38. The van der Waals surface area contributed by atoms with Crippen molar-refractivity contribution in [3.63, 3.8) is 0 Å². The first-order valence-corrected chi connectivity index (χ1v) is 11.8. The van der Waals surface area contributed by atoms with Gasteiger partial charge in [-0.1, -0.05) is 30.3 Å². The lowest BCUT2D eigenvalue weighted by molar-refractivity contribution is 0.0690. The first-order valence-electron chi connectivity index (χ1n) is 10.6. The Labute approximate surface area is 203 Å². The number of thioether (sulfide) groups is 1. The first-order chi connectivity index (χ1) is 16.9. The number of carboxylic acid groups (broad SMARTS) is 1. The van der Waals surface area contributed by atoms with E-state index in [0.717, 1.165) is 10.9 Å². The number of nitrogens with one attached hydrogen (secondary N) is 2. The lowest BCUT2D eigenvalue weighted by Gasteiger charge is -2.13. The SMILES string of the molecule is CSc1c(Oc2ccc(F)c(-c3nc(C(=O)O)c(Cc4ccccc4)[nH]3)c2)c(F)cc2[nH]ccc12. The van der Waals surface area contributed by atoms with E-state index in [1.807, 2.05) is 42.7 Å². The number of hydrogen-bond donors (Lipinski definition) is 3. The highest BCUT2D eigenvalue weighted by molar-refractivity contribution is 7.99. The Kier molecular flexibility index (Phi) is 6.00. The molecule has 5 aromatic rings. The smallest absolute Gasteiger partial charge is 0.356 e. The molecule has 2 heterocycles. The fourth-order valence-corrected chi connectivity index (χ4v) is 4.65. The molecular weight excluding hydrogens is 472 g/mol. The minimum atomic E-state index is -1.22. The van der Waals surface area contributed by atoms with Gasteiger partial charge in [-0.3, -0.25) is 0 Å². The molecule has 2 aromatic heterocycles. The van der Waals surface area contributed by atoms with E-state index in [0.29, 0.717) is 16.1 Å². The molecule has 0 aliphatic carbocycles. The van der Waals surface area contributed by atoms with Crippen molar-refractivity contribution < 1.29 is 23.4 Å². The number of aromatic carboxylic acids is 1. The van der Waals surface area contributed by atoms with E-state index in [2.05, 4.69) is 15.0 Å². The molecule has 0 bridgehead atoms. The Hall–Kier alpha value is -4.11. The molecule has 5 rings (SSSR count). The monoisotopic (exact) mass is 491 g/mol. The number of fused-ring (bicyclic) bond motifs is 1. The third-order valence-electron chi connectivity index (χ3n) is 5.54. The summed E-state index contributed by atoms with van der Waals surface area (Å²) >= 11 is 1.33. The Balaban J connectivity index is 1.53. The molecule has 0 aliphatic heterocycles. The largest absolute Gasteiger partial charge is 0.476 e. The second kappa shape index (κ2) is 9.27. The summed E-state index contributed by atoms with van der Waals surface area (Å²) in [5, 5.41) is 10.4. The van der Waals surface area contributed by atoms with Crippen molar-refractivity contribution in [2.45, 2.75) is 11.3 Å². The topological polar surface area (TPSA) is 91.0 Å². The maximum absolute atomic E-state index is 14.9. The summed E-state index contributed by atoms with van der Waals surface area (Å²) in [4.78, 5) is 22.5. The Morgan fingerprint density at radius 3 is 2.63 bits per heavy atom. The van der Waals surface area contributed by atoms with Gasteiger partial charge in [0.1, 0.15) is 17.4 Å². The van der Waals surface area contributed by atoms with Crippen molar-refractivity contribution in [3.8, 4) is 22.9 Å². The summed E-state index contributed by atoms with van der Waals surface area (Å²) < 4.78 is 35.5. The zero-order valence-electron chi connectivity index (χ0n) is 18.4. The van der Waals surface area contributed by atoms with Crippen LogP contribution in [-0.4, -0.2) is 32.3 Å². The van der Waals surface area contributed by atoms with Gasteiger partial charge in [0.2, 0.25) is 0 Å². The van der Waals surface area contributed by atoms with Crippen molar-refractivity contribution in [3.05, 3.63) is 95.4 Å². The average Bonchev–Trinajstić information content (AvgIpc) is 3.48. The summed E-state index contributed by atoms with van der Waals surface area (Å²) in [6.45, 7) is 0. The zero-order valence-corrected chi connectivity index (χ0v) is 19.2. The highest BCUT2D eigenvalue weighted by atomic mass is 32.2. The van der Waals surface area contributed by atoms with Crippen molar-refractivity contribution >= 4 is 28.6 Å². The van der Waals surface area contributed by atoms with Gasteiger partial charge in [-0.2, -0.15) is 0 Å². The third-order valence-corrected chi connectivity index (χ3v) is 6.35. The van der Waals surface area contributed by atoms with E-state index >= 15 is 0 Å². The van der Waals surface area contributed by atoms with Crippen LogP contribution in [0.2, 0.25) is 0 Å². The molecule has 6 nitrogen and oxygen atoms in total. The van der Waals surface area contributed by atoms with Crippen molar-refractivity contribution in [2.75, 3.05) is 6.26 Å². The van der Waals surface area contributed by atoms with E-state index in [1.54, 1.807) is 6.20 Å². The molecule has 35 heavy (non-hydrogen) atoms. The number of aromatic nitrogens is 3. The summed E-state index contributed by atoms with van der Waals surface area (Å²) in [6, 6.07) is 16.4. The number of imidazole rings is 1.